The van der Waals surface area contributed by atoms with Gasteiger partial charge in [-0.05, 0) is 60.6 Å². The van der Waals surface area contributed by atoms with E-state index >= 15 is 0 Å². The predicted octanol–water partition coefficient (Wildman–Crippen LogP) is 4.77. The summed E-state index contributed by atoms with van der Waals surface area (Å²) in [4.78, 5) is 20.2. The van der Waals surface area contributed by atoms with E-state index in [0.29, 0.717) is 24.0 Å². The van der Waals surface area contributed by atoms with Gasteiger partial charge < -0.3 is 15.2 Å². The maximum absolute atomic E-state index is 13.4. The fourth-order valence-corrected chi connectivity index (χ4v) is 4.80. The molecule has 5 nitrogen and oxygen atoms in total. The average molecular weight is 423 g/mol. The van der Waals surface area contributed by atoms with E-state index in [0.717, 1.165) is 59.5 Å². The van der Waals surface area contributed by atoms with Crippen molar-refractivity contribution in [1.29, 1.82) is 0 Å². The molecule has 0 unspecified atom stereocenters. The monoisotopic (exact) mass is 422 g/mol. The first kappa shape index (κ1) is 19.6. The van der Waals surface area contributed by atoms with E-state index in [4.69, 9.17) is 22.3 Å². The molecule has 1 amide bonds. The fourth-order valence-electron chi connectivity index (χ4n) is 4.63. The number of carbonyl (C=O) groups excluding carboxylic acids is 1. The van der Waals surface area contributed by atoms with Gasteiger partial charge in [0.25, 0.3) is 0 Å². The van der Waals surface area contributed by atoms with Gasteiger partial charge in [-0.2, -0.15) is 0 Å². The number of anilines is 1. The van der Waals surface area contributed by atoms with Crippen molar-refractivity contribution in [3.8, 4) is 0 Å². The molecule has 1 spiro atoms. The molecule has 1 aliphatic heterocycles. The molecule has 5 rings (SSSR count). The summed E-state index contributed by atoms with van der Waals surface area (Å²) in [5.74, 6) is 1.68. The normalized spacial score (nSPS) is 16.8. The molecule has 2 aliphatic rings. The second-order valence-corrected chi connectivity index (χ2v) is 9.46. The number of hydrogen-bond donors (Lipinski definition) is 1. The Kier molecular flexibility index (Phi) is 4.64. The van der Waals surface area contributed by atoms with Gasteiger partial charge in [-0.1, -0.05) is 37.6 Å². The third-order valence-corrected chi connectivity index (χ3v) is 6.76. The van der Waals surface area contributed by atoms with Gasteiger partial charge in [-0.15, -0.1) is 0 Å². The molecule has 1 fully saturated rings. The summed E-state index contributed by atoms with van der Waals surface area (Å²) in [6.45, 7) is 6.28. The number of benzene rings is 2. The SMILES string of the molecule is CC(C)CCn1c(CN2C(=O)C3(CC3)c3ccc(Cl)cc32)nc2cc(CN)ccc21. The second kappa shape index (κ2) is 7.10. The molecular weight excluding hydrogens is 396 g/mol. The van der Waals surface area contributed by atoms with E-state index in [2.05, 4.69) is 36.6 Å². The van der Waals surface area contributed by atoms with Crippen molar-refractivity contribution in [2.75, 3.05) is 4.90 Å². The minimum Gasteiger partial charge on any atom is -0.326 e. The van der Waals surface area contributed by atoms with Gasteiger partial charge in [0.1, 0.15) is 5.82 Å². The zero-order valence-corrected chi connectivity index (χ0v) is 18.2. The summed E-state index contributed by atoms with van der Waals surface area (Å²) in [5.41, 5.74) is 10.7. The van der Waals surface area contributed by atoms with Crippen molar-refractivity contribution in [1.82, 2.24) is 9.55 Å². The molecule has 2 N–H and O–H groups in total. The highest BCUT2D eigenvalue weighted by Gasteiger charge is 2.59. The first-order valence-electron chi connectivity index (χ1n) is 10.7. The zero-order chi connectivity index (χ0) is 21.0. The topological polar surface area (TPSA) is 64.2 Å². The molecule has 6 heteroatoms. The van der Waals surface area contributed by atoms with Gasteiger partial charge in [-0.3, -0.25) is 4.79 Å². The lowest BCUT2D eigenvalue weighted by Gasteiger charge is -2.19. The molecule has 1 saturated carbocycles. The molecule has 2 heterocycles. The Hall–Kier alpha value is -2.37. The van der Waals surface area contributed by atoms with Gasteiger partial charge in [0.15, 0.2) is 0 Å². The number of halogens is 1. The Morgan fingerprint density at radius 3 is 2.70 bits per heavy atom. The Morgan fingerprint density at radius 2 is 2.00 bits per heavy atom. The lowest BCUT2D eigenvalue weighted by atomic mass is 9.98. The van der Waals surface area contributed by atoms with E-state index in [1.807, 2.05) is 23.1 Å². The van der Waals surface area contributed by atoms with Crippen molar-refractivity contribution in [3.63, 3.8) is 0 Å². The van der Waals surface area contributed by atoms with Crippen molar-refractivity contribution in [2.45, 2.75) is 58.2 Å². The number of amides is 1. The zero-order valence-electron chi connectivity index (χ0n) is 17.5. The average Bonchev–Trinajstić information content (AvgIpc) is 3.41. The molecule has 0 saturated heterocycles. The van der Waals surface area contributed by atoms with Crippen LogP contribution < -0.4 is 10.6 Å². The summed E-state index contributed by atoms with van der Waals surface area (Å²) >= 11 is 6.30. The van der Waals surface area contributed by atoms with Crippen LogP contribution in [0.5, 0.6) is 0 Å². The van der Waals surface area contributed by atoms with Crippen molar-refractivity contribution in [3.05, 3.63) is 58.4 Å². The molecule has 1 aromatic heterocycles. The standard InChI is InChI=1S/C24H27ClN4O/c1-15(2)7-10-28-20-6-3-16(13-26)11-19(20)27-22(28)14-29-21-12-17(25)4-5-18(21)24(8-9-24)23(29)30/h3-6,11-12,15H,7-10,13-14,26H2,1-2H3. The number of aryl methyl sites for hydroxylation is 1. The number of hydrogen-bond acceptors (Lipinski definition) is 3. The first-order valence-corrected chi connectivity index (χ1v) is 11.1. The summed E-state index contributed by atoms with van der Waals surface area (Å²) in [5, 5.41) is 0.658. The molecule has 0 bridgehead atoms. The Bertz CT molecular complexity index is 1150. The summed E-state index contributed by atoms with van der Waals surface area (Å²) in [7, 11) is 0. The Morgan fingerprint density at radius 1 is 1.20 bits per heavy atom. The number of rotatable bonds is 6. The van der Waals surface area contributed by atoms with Crippen LogP contribution in [0.25, 0.3) is 11.0 Å². The summed E-state index contributed by atoms with van der Waals surface area (Å²) < 4.78 is 2.27. The van der Waals surface area contributed by atoms with Crippen LogP contribution in [0.15, 0.2) is 36.4 Å². The predicted molar refractivity (Wildman–Crippen MR) is 121 cm³/mol. The minimum absolute atomic E-state index is 0.185. The van der Waals surface area contributed by atoms with Crippen molar-refractivity contribution in [2.24, 2.45) is 11.7 Å². The van der Waals surface area contributed by atoms with Crippen LogP contribution in [0, 0.1) is 5.92 Å². The van der Waals surface area contributed by atoms with Gasteiger partial charge in [0.2, 0.25) is 5.91 Å². The lowest BCUT2D eigenvalue weighted by Crippen LogP contribution is -2.32. The third-order valence-electron chi connectivity index (χ3n) is 6.53. The maximum atomic E-state index is 13.4. The van der Waals surface area contributed by atoms with Gasteiger partial charge in [-0.25, -0.2) is 4.98 Å². The molecule has 156 valence electrons. The van der Waals surface area contributed by atoms with E-state index in [9.17, 15) is 4.79 Å². The highest BCUT2D eigenvalue weighted by molar-refractivity contribution is 6.31. The van der Waals surface area contributed by atoms with Crippen LogP contribution in [-0.2, 0) is 29.8 Å². The molecule has 2 aromatic carbocycles. The van der Waals surface area contributed by atoms with Crippen molar-refractivity contribution >= 4 is 34.2 Å². The number of imidazole rings is 1. The fraction of sp³-hybridized carbons (Fsp3) is 0.417. The molecule has 0 radical (unpaired) electrons. The van der Waals surface area contributed by atoms with E-state index in [-0.39, 0.29) is 11.3 Å². The van der Waals surface area contributed by atoms with E-state index < -0.39 is 0 Å². The number of aromatic nitrogens is 2. The van der Waals surface area contributed by atoms with Crippen LogP contribution in [0.2, 0.25) is 5.02 Å². The largest absolute Gasteiger partial charge is 0.326 e. The van der Waals surface area contributed by atoms with E-state index in [1.54, 1.807) is 0 Å². The summed E-state index contributed by atoms with van der Waals surface area (Å²) in [6, 6.07) is 12.1. The third kappa shape index (κ3) is 3.03. The smallest absolute Gasteiger partial charge is 0.238 e. The quantitative estimate of drug-likeness (QED) is 0.622. The van der Waals surface area contributed by atoms with Gasteiger partial charge in [0, 0.05) is 23.8 Å². The van der Waals surface area contributed by atoms with Crippen LogP contribution in [0.3, 0.4) is 0 Å². The molecule has 30 heavy (non-hydrogen) atoms. The van der Waals surface area contributed by atoms with E-state index in [1.165, 1.54) is 0 Å². The lowest BCUT2D eigenvalue weighted by molar-refractivity contribution is -0.120. The molecule has 3 aromatic rings. The van der Waals surface area contributed by atoms with Crippen LogP contribution in [-0.4, -0.2) is 15.5 Å². The highest BCUT2D eigenvalue weighted by Crippen LogP contribution is 2.57. The van der Waals surface area contributed by atoms with Gasteiger partial charge >= 0.3 is 0 Å². The molecular formula is C24H27ClN4O. The number of carbonyl (C=O) groups is 1. The molecule has 0 atom stereocenters. The van der Waals surface area contributed by atoms with Crippen molar-refractivity contribution < 1.29 is 4.79 Å². The number of nitrogens with two attached hydrogens (primary N) is 1. The summed E-state index contributed by atoms with van der Waals surface area (Å²) in [6.07, 6.45) is 2.89. The van der Waals surface area contributed by atoms with Gasteiger partial charge in [0.05, 0.1) is 23.0 Å². The Balaban J connectivity index is 1.57. The number of fused-ring (bicyclic) bond motifs is 3. The minimum atomic E-state index is -0.332. The first-order chi connectivity index (χ1) is 14.4. The Labute approximate surface area is 181 Å². The van der Waals surface area contributed by atoms with Crippen LogP contribution in [0.1, 0.15) is 50.1 Å². The van der Waals surface area contributed by atoms with Crippen LogP contribution >= 0.6 is 11.6 Å². The highest BCUT2D eigenvalue weighted by atomic mass is 35.5. The van der Waals surface area contributed by atoms with Crippen LogP contribution in [0.4, 0.5) is 5.69 Å². The second-order valence-electron chi connectivity index (χ2n) is 9.02. The maximum Gasteiger partial charge on any atom is 0.238 e. The number of nitrogens with zero attached hydrogens (tertiary/aromatic N) is 3. The molecule has 1 aliphatic carbocycles.